The summed E-state index contributed by atoms with van der Waals surface area (Å²) in [5, 5.41) is 0. The van der Waals surface area contributed by atoms with Crippen molar-refractivity contribution in [3.8, 4) is 5.75 Å². The molecule has 2 aromatic rings. The van der Waals surface area contributed by atoms with Gasteiger partial charge in [-0.2, -0.15) is 0 Å². The lowest BCUT2D eigenvalue weighted by atomic mass is 9.88. The van der Waals surface area contributed by atoms with Crippen molar-refractivity contribution in [3.63, 3.8) is 0 Å². The van der Waals surface area contributed by atoms with Crippen LogP contribution in [0.3, 0.4) is 0 Å². The second-order valence-corrected chi connectivity index (χ2v) is 4.93. The summed E-state index contributed by atoms with van der Waals surface area (Å²) in [6, 6.07) is 12.4. The number of ether oxygens (including phenoxy) is 1. The Morgan fingerprint density at radius 1 is 1.10 bits per heavy atom. The van der Waals surface area contributed by atoms with Crippen LogP contribution < -0.4 is 15.4 Å². The third kappa shape index (κ3) is 2.25. The van der Waals surface area contributed by atoms with Crippen LogP contribution in [0.1, 0.15) is 11.6 Å². The van der Waals surface area contributed by atoms with E-state index in [0.29, 0.717) is 5.69 Å². The molecule has 0 aromatic heterocycles. The number of carbonyl (C=O) groups is 1. The number of amides is 1. The summed E-state index contributed by atoms with van der Waals surface area (Å²) in [5.41, 5.74) is 7.50. The molecule has 0 saturated carbocycles. The van der Waals surface area contributed by atoms with E-state index in [4.69, 9.17) is 10.5 Å². The molecule has 1 aliphatic heterocycles. The van der Waals surface area contributed by atoms with Crippen LogP contribution in [-0.2, 0) is 4.79 Å². The van der Waals surface area contributed by atoms with Gasteiger partial charge in [-0.1, -0.05) is 12.1 Å². The van der Waals surface area contributed by atoms with Gasteiger partial charge in [0.2, 0.25) is 5.91 Å². The first kappa shape index (κ1) is 13.6. The van der Waals surface area contributed by atoms with Gasteiger partial charge < -0.3 is 15.4 Å². The van der Waals surface area contributed by atoms with Gasteiger partial charge in [0, 0.05) is 5.69 Å². The fourth-order valence-electron chi connectivity index (χ4n) is 2.56. The highest BCUT2D eigenvalue weighted by molar-refractivity contribution is 6.05. The Labute approximate surface area is 121 Å². The van der Waals surface area contributed by atoms with Crippen molar-refractivity contribution >= 4 is 11.6 Å². The molecule has 0 unspecified atom stereocenters. The minimum atomic E-state index is -0.580. The molecule has 1 saturated heterocycles. The lowest BCUT2D eigenvalue weighted by Crippen LogP contribution is -2.63. The van der Waals surface area contributed by atoms with Crippen molar-refractivity contribution in [2.45, 2.75) is 12.1 Å². The summed E-state index contributed by atoms with van der Waals surface area (Å²) < 4.78 is 18.1. The topological polar surface area (TPSA) is 55.6 Å². The monoisotopic (exact) mass is 286 g/mol. The summed E-state index contributed by atoms with van der Waals surface area (Å²) in [7, 11) is 1.60. The Kier molecular flexibility index (Phi) is 3.35. The predicted molar refractivity (Wildman–Crippen MR) is 77.6 cm³/mol. The first-order chi connectivity index (χ1) is 10.1. The molecule has 1 amide bonds. The van der Waals surface area contributed by atoms with E-state index in [-0.39, 0.29) is 17.8 Å². The largest absolute Gasteiger partial charge is 0.497 e. The van der Waals surface area contributed by atoms with Crippen molar-refractivity contribution in [2.75, 3.05) is 12.0 Å². The molecule has 0 bridgehead atoms. The lowest BCUT2D eigenvalue weighted by Gasteiger charge is -2.45. The first-order valence-corrected chi connectivity index (χ1v) is 6.60. The highest BCUT2D eigenvalue weighted by Gasteiger charge is 2.46. The second-order valence-electron chi connectivity index (χ2n) is 4.93. The zero-order valence-electron chi connectivity index (χ0n) is 11.5. The molecule has 0 radical (unpaired) electrons. The van der Waals surface area contributed by atoms with Gasteiger partial charge in [-0.15, -0.1) is 0 Å². The molecule has 2 atom stereocenters. The molecule has 1 aliphatic rings. The number of halogens is 1. The molecule has 3 rings (SSSR count). The normalized spacial score (nSPS) is 21.1. The number of β-lactam (4-membered cyclic amide) rings is 1. The van der Waals surface area contributed by atoms with E-state index in [1.54, 1.807) is 24.1 Å². The molecule has 1 fully saturated rings. The number of anilines is 1. The average Bonchev–Trinajstić information content (AvgIpc) is 2.53. The maximum atomic E-state index is 13.0. The maximum absolute atomic E-state index is 13.0. The number of methoxy groups -OCH3 is 1. The van der Waals surface area contributed by atoms with Crippen molar-refractivity contribution in [1.82, 2.24) is 0 Å². The Hall–Kier alpha value is -2.40. The van der Waals surface area contributed by atoms with Crippen LogP contribution in [0, 0.1) is 5.82 Å². The van der Waals surface area contributed by atoms with Crippen LogP contribution in [0.25, 0.3) is 0 Å². The van der Waals surface area contributed by atoms with Crippen LogP contribution in [0.4, 0.5) is 10.1 Å². The molecular formula is C16H15FN2O2. The number of hydrogen-bond acceptors (Lipinski definition) is 3. The van der Waals surface area contributed by atoms with E-state index in [1.165, 1.54) is 12.1 Å². The van der Waals surface area contributed by atoms with Crippen LogP contribution in [0.2, 0.25) is 0 Å². The number of hydrogen-bond donors (Lipinski definition) is 1. The first-order valence-electron chi connectivity index (χ1n) is 6.60. The van der Waals surface area contributed by atoms with Crippen LogP contribution in [-0.4, -0.2) is 19.1 Å². The van der Waals surface area contributed by atoms with Gasteiger partial charge in [-0.3, -0.25) is 4.79 Å². The summed E-state index contributed by atoms with van der Waals surface area (Å²) in [6.07, 6.45) is 0. The zero-order valence-corrected chi connectivity index (χ0v) is 11.5. The number of nitrogens with two attached hydrogens (primary N) is 1. The SMILES string of the molecule is COc1ccc([C@@H]2[C@H](N)C(=O)N2c2ccc(F)cc2)cc1. The highest BCUT2D eigenvalue weighted by Crippen LogP contribution is 2.38. The lowest BCUT2D eigenvalue weighted by molar-refractivity contribution is -0.126. The van der Waals surface area contributed by atoms with Gasteiger partial charge in [-0.05, 0) is 42.0 Å². The standard InChI is InChI=1S/C16H15FN2O2/c1-21-13-8-2-10(3-9-13)15-14(18)16(20)19(15)12-6-4-11(17)5-7-12/h2-9,14-15H,18H2,1H3/t14-,15+/m0/s1. The van der Waals surface area contributed by atoms with Crippen molar-refractivity contribution in [1.29, 1.82) is 0 Å². The molecule has 5 heteroatoms. The smallest absolute Gasteiger partial charge is 0.247 e. The molecule has 21 heavy (non-hydrogen) atoms. The van der Waals surface area contributed by atoms with E-state index in [9.17, 15) is 9.18 Å². The fraction of sp³-hybridized carbons (Fsp3) is 0.188. The number of rotatable bonds is 3. The van der Waals surface area contributed by atoms with E-state index < -0.39 is 6.04 Å². The summed E-state index contributed by atoms with van der Waals surface area (Å²) >= 11 is 0. The maximum Gasteiger partial charge on any atom is 0.247 e. The number of nitrogens with zero attached hydrogens (tertiary/aromatic N) is 1. The molecule has 4 nitrogen and oxygen atoms in total. The molecule has 2 aromatic carbocycles. The average molecular weight is 286 g/mol. The molecule has 108 valence electrons. The molecule has 2 N–H and O–H groups in total. The van der Waals surface area contributed by atoms with Crippen molar-refractivity contribution < 1.29 is 13.9 Å². The van der Waals surface area contributed by atoms with E-state index in [0.717, 1.165) is 11.3 Å². The zero-order chi connectivity index (χ0) is 15.0. The number of carbonyl (C=O) groups excluding carboxylic acids is 1. The second kappa shape index (κ2) is 5.18. The summed E-state index contributed by atoms with van der Waals surface area (Å²) in [6.45, 7) is 0. The summed E-state index contributed by atoms with van der Waals surface area (Å²) in [5.74, 6) is 0.241. The van der Waals surface area contributed by atoms with Gasteiger partial charge in [0.05, 0.1) is 13.2 Å². The predicted octanol–water partition coefficient (Wildman–Crippen LogP) is 2.25. The van der Waals surface area contributed by atoms with E-state index in [1.807, 2.05) is 24.3 Å². The minimum absolute atomic E-state index is 0.164. The Morgan fingerprint density at radius 3 is 2.29 bits per heavy atom. The van der Waals surface area contributed by atoms with Crippen LogP contribution in [0.15, 0.2) is 48.5 Å². The Bertz CT molecular complexity index is 655. The molecule has 0 aliphatic carbocycles. The highest BCUT2D eigenvalue weighted by atomic mass is 19.1. The van der Waals surface area contributed by atoms with E-state index in [2.05, 4.69) is 0 Å². The molecular weight excluding hydrogens is 271 g/mol. The van der Waals surface area contributed by atoms with Crippen molar-refractivity contribution in [3.05, 3.63) is 59.9 Å². The van der Waals surface area contributed by atoms with Crippen molar-refractivity contribution in [2.24, 2.45) is 5.73 Å². The van der Waals surface area contributed by atoms with E-state index >= 15 is 0 Å². The molecule has 0 spiro atoms. The Balaban J connectivity index is 1.92. The number of benzene rings is 2. The quantitative estimate of drug-likeness (QED) is 0.880. The third-order valence-electron chi connectivity index (χ3n) is 3.70. The van der Waals surface area contributed by atoms with Gasteiger partial charge >= 0.3 is 0 Å². The van der Waals surface area contributed by atoms with Crippen LogP contribution >= 0.6 is 0 Å². The van der Waals surface area contributed by atoms with Gasteiger partial charge in [-0.25, -0.2) is 4.39 Å². The molecule has 1 heterocycles. The summed E-state index contributed by atoms with van der Waals surface area (Å²) in [4.78, 5) is 13.6. The fourth-order valence-corrected chi connectivity index (χ4v) is 2.56. The van der Waals surface area contributed by atoms with Gasteiger partial charge in [0.1, 0.15) is 17.6 Å². The van der Waals surface area contributed by atoms with Crippen LogP contribution in [0.5, 0.6) is 5.75 Å². The third-order valence-corrected chi connectivity index (χ3v) is 3.70. The van der Waals surface area contributed by atoms with Gasteiger partial charge in [0.25, 0.3) is 0 Å². The minimum Gasteiger partial charge on any atom is -0.497 e. The van der Waals surface area contributed by atoms with Gasteiger partial charge in [0.15, 0.2) is 0 Å². The Morgan fingerprint density at radius 2 is 1.71 bits per heavy atom.